The lowest BCUT2D eigenvalue weighted by Crippen LogP contribution is -2.32. The summed E-state index contributed by atoms with van der Waals surface area (Å²) in [5.74, 6) is -0.0267. The molecule has 0 saturated carbocycles. The largest absolute Gasteiger partial charge is 0.282 e. The fourth-order valence-electron chi connectivity index (χ4n) is 4.23. The topological polar surface area (TPSA) is 54.5 Å². The van der Waals surface area contributed by atoms with Crippen molar-refractivity contribution in [2.75, 3.05) is 4.90 Å². The number of hydrogen-bond acceptors (Lipinski definition) is 4. The van der Waals surface area contributed by atoms with Gasteiger partial charge in [0.05, 0.1) is 16.8 Å². The maximum absolute atomic E-state index is 13.7. The molecule has 2 amide bonds. The molecule has 5 heteroatoms. The number of carbonyl (C=O) groups is 3. The number of amides is 2. The number of imide groups is 1. The van der Waals surface area contributed by atoms with E-state index >= 15 is 0 Å². The number of rotatable bonds is 6. The van der Waals surface area contributed by atoms with E-state index in [0.717, 1.165) is 28.5 Å². The fraction of sp³-hybridized carbons (Fsp3) is 0.250. The Balaban J connectivity index is 1.74. The summed E-state index contributed by atoms with van der Waals surface area (Å²) in [6, 6.07) is 20.6. The fourth-order valence-corrected chi connectivity index (χ4v) is 5.05. The van der Waals surface area contributed by atoms with E-state index in [2.05, 4.69) is 27.7 Å². The van der Waals surface area contributed by atoms with Gasteiger partial charge in [0, 0.05) is 11.3 Å². The van der Waals surface area contributed by atoms with Crippen molar-refractivity contribution in [1.82, 2.24) is 0 Å². The molecule has 1 heterocycles. The van der Waals surface area contributed by atoms with E-state index in [1.165, 1.54) is 4.90 Å². The summed E-state index contributed by atoms with van der Waals surface area (Å²) in [5.41, 5.74) is 4.37. The van der Waals surface area contributed by atoms with Gasteiger partial charge in [-0.1, -0.05) is 94.1 Å². The minimum atomic E-state index is -0.422. The lowest BCUT2D eigenvalue weighted by molar-refractivity contribution is 0.0922. The average molecular weight is 458 g/mol. The van der Waals surface area contributed by atoms with Gasteiger partial charge in [-0.15, -0.1) is 0 Å². The third kappa shape index (κ3) is 4.25. The summed E-state index contributed by atoms with van der Waals surface area (Å²) >= 11 is 1.14. The van der Waals surface area contributed by atoms with Crippen LogP contribution in [0, 0.1) is 0 Å². The molecule has 0 fully saturated rings. The summed E-state index contributed by atoms with van der Waals surface area (Å²) in [6.45, 7) is 8.21. The van der Waals surface area contributed by atoms with Crippen molar-refractivity contribution in [3.63, 3.8) is 0 Å². The van der Waals surface area contributed by atoms with Crippen LogP contribution in [0.5, 0.6) is 0 Å². The van der Waals surface area contributed by atoms with Crippen molar-refractivity contribution in [3.8, 4) is 0 Å². The molecule has 0 spiro atoms. The molecule has 4 rings (SSSR count). The summed E-state index contributed by atoms with van der Waals surface area (Å²) in [4.78, 5) is 41.6. The van der Waals surface area contributed by atoms with Gasteiger partial charge in [0.25, 0.3) is 11.8 Å². The molecule has 33 heavy (non-hydrogen) atoms. The van der Waals surface area contributed by atoms with Gasteiger partial charge in [0.15, 0.2) is 0 Å². The van der Waals surface area contributed by atoms with Crippen LogP contribution in [0.15, 0.2) is 66.7 Å². The number of thioether (sulfide) groups is 1. The maximum Gasteiger partial charge on any atom is 0.266 e. The molecule has 3 aromatic carbocycles. The normalized spacial score (nSPS) is 13.2. The predicted molar refractivity (Wildman–Crippen MR) is 134 cm³/mol. The van der Waals surface area contributed by atoms with Gasteiger partial charge in [-0.05, 0) is 40.7 Å². The minimum Gasteiger partial charge on any atom is -0.282 e. The van der Waals surface area contributed by atoms with E-state index < -0.39 is 5.91 Å². The molecule has 168 valence electrons. The molecule has 0 radical (unpaired) electrons. The first-order chi connectivity index (χ1) is 15.8. The Morgan fingerprint density at radius 1 is 0.788 bits per heavy atom. The van der Waals surface area contributed by atoms with Crippen LogP contribution in [-0.2, 0) is 5.75 Å². The summed E-state index contributed by atoms with van der Waals surface area (Å²) in [5, 5.41) is -0.208. The van der Waals surface area contributed by atoms with Crippen molar-refractivity contribution < 1.29 is 14.4 Å². The molecule has 0 unspecified atom stereocenters. The van der Waals surface area contributed by atoms with E-state index in [0.29, 0.717) is 22.6 Å². The zero-order valence-electron chi connectivity index (χ0n) is 19.3. The van der Waals surface area contributed by atoms with Crippen molar-refractivity contribution in [2.24, 2.45) is 0 Å². The minimum absolute atomic E-state index is 0.130. The Morgan fingerprint density at radius 2 is 1.39 bits per heavy atom. The maximum atomic E-state index is 13.7. The molecule has 0 aromatic heterocycles. The van der Waals surface area contributed by atoms with Gasteiger partial charge < -0.3 is 0 Å². The second-order valence-electron chi connectivity index (χ2n) is 8.83. The second-order valence-corrected chi connectivity index (χ2v) is 9.78. The van der Waals surface area contributed by atoms with Crippen LogP contribution in [0.3, 0.4) is 0 Å². The zero-order chi connectivity index (χ0) is 23.7. The predicted octanol–water partition coefficient (Wildman–Crippen LogP) is 6.81. The Bertz CT molecular complexity index is 1200. The van der Waals surface area contributed by atoms with E-state index in [9.17, 15) is 14.4 Å². The van der Waals surface area contributed by atoms with E-state index in [1.54, 1.807) is 18.2 Å². The van der Waals surface area contributed by atoms with Gasteiger partial charge in [0.1, 0.15) is 0 Å². The number of nitrogens with zero attached hydrogens (tertiary/aromatic N) is 1. The number of para-hydroxylation sites is 1. The average Bonchev–Trinajstić information content (AvgIpc) is 3.07. The monoisotopic (exact) mass is 457 g/mol. The SMILES string of the molecule is CC(C)c1cccc(C(C)C)c1N1C(=O)c2cccc(C(=O)SCc3ccccc3)c2C1=O. The van der Waals surface area contributed by atoms with Crippen LogP contribution in [-0.4, -0.2) is 16.9 Å². The van der Waals surface area contributed by atoms with Crippen LogP contribution in [0.25, 0.3) is 0 Å². The number of benzene rings is 3. The van der Waals surface area contributed by atoms with Gasteiger partial charge >= 0.3 is 0 Å². The van der Waals surface area contributed by atoms with Crippen LogP contribution in [0.1, 0.15) is 87.3 Å². The van der Waals surface area contributed by atoms with Gasteiger partial charge in [-0.25, -0.2) is 4.90 Å². The third-order valence-electron chi connectivity index (χ3n) is 5.91. The zero-order valence-corrected chi connectivity index (χ0v) is 20.1. The third-order valence-corrected chi connectivity index (χ3v) is 6.87. The number of hydrogen-bond donors (Lipinski definition) is 0. The molecule has 0 aliphatic carbocycles. The smallest absolute Gasteiger partial charge is 0.266 e. The Labute approximate surface area is 199 Å². The highest BCUT2D eigenvalue weighted by Gasteiger charge is 2.41. The number of anilines is 1. The van der Waals surface area contributed by atoms with Gasteiger partial charge in [-0.3, -0.25) is 14.4 Å². The quantitative estimate of drug-likeness (QED) is 0.382. The van der Waals surface area contributed by atoms with Crippen LogP contribution < -0.4 is 4.90 Å². The summed E-state index contributed by atoms with van der Waals surface area (Å²) in [6.07, 6.45) is 0. The van der Waals surface area contributed by atoms with E-state index in [1.807, 2.05) is 48.5 Å². The lowest BCUT2D eigenvalue weighted by Gasteiger charge is -2.25. The Kier molecular flexibility index (Phi) is 6.52. The molecule has 1 aliphatic rings. The Morgan fingerprint density at radius 3 is 2.00 bits per heavy atom. The number of carbonyl (C=O) groups excluding carboxylic acids is 3. The highest BCUT2D eigenvalue weighted by molar-refractivity contribution is 8.13. The Hall–Kier alpha value is -3.18. The molecule has 1 aliphatic heterocycles. The lowest BCUT2D eigenvalue weighted by atomic mass is 9.92. The molecule has 0 atom stereocenters. The van der Waals surface area contributed by atoms with Crippen molar-refractivity contribution in [3.05, 3.63) is 100 Å². The summed E-state index contributed by atoms with van der Waals surface area (Å²) < 4.78 is 0. The van der Waals surface area contributed by atoms with Crippen LogP contribution >= 0.6 is 11.8 Å². The van der Waals surface area contributed by atoms with E-state index in [4.69, 9.17) is 0 Å². The summed E-state index contributed by atoms with van der Waals surface area (Å²) in [7, 11) is 0. The van der Waals surface area contributed by atoms with Crippen molar-refractivity contribution in [1.29, 1.82) is 0 Å². The highest BCUT2D eigenvalue weighted by atomic mass is 32.2. The van der Waals surface area contributed by atoms with E-state index in [-0.39, 0.29) is 28.4 Å². The first-order valence-corrected chi connectivity index (χ1v) is 12.2. The first kappa shape index (κ1) is 23.0. The highest BCUT2D eigenvalue weighted by Crippen LogP contribution is 2.40. The molecule has 4 nitrogen and oxygen atoms in total. The van der Waals surface area contributed by atoms with Crippen molar-refractivity contribution in [2.45, 2.75) is 45.3 Å². The molecular formula is C28H27NO3S. The van der Waals surface area contributed by atoms with Crippen LogP contribution in [0.2, 0.25) is 0 Å². The molecule has 3 aromatic rings. The molecule has 0 N–H and O–H groups in total. The van der Waals surface area contributed by atoms with Crippen LogP contribution in [0.4, 0.5) is 5.69 Å². The van der Waals surface area contributed by atoms with Gasteiger partial charge in [0.2, 0.25) is 5.12 Å². The van der Waals surface area contributed by atoms with Crippen molar-refractivity contribution >= 4 is 34.4 Å². The first-order valence-electron chi connectivity index (χ1n) is 11.2. The van der Waals surface area contributed by atoms with Gasteiger partial charge in [-0.2, -0.15) is 0 Å². The molecule has 0 bridgehead atoms. The second kappa shape index (κ2) is 9.36. The number of fused-ring (bicyclic) bond motifs is 1. The molecular weight excluding hydrogens is 430 g/mol. The molecule has 0 saturated heterocycles. The standard InChI is InChI=1S/C28H27NO3S/c1-17(2)20-12-8-13-21(18(3)4)25(20)29-26(30)22-14-9-15-23(24(22)27(29)31)28(32)33-16-19-10-6-5-7-11-19/h5-15,17-18H,16H2,1-4H3.